The molecule has 1 aliphatic carbocycles. The first-order chi connectivity index (χ1) is 8.31. The maximum Gasteiger partial charge on any atom is 0.223 e. The number of carbonyl (C=O) groups is 1. The van der Waals surface area contributed by atoms with Crippen LogP contribution in [0.5, 0.6) is 0 Å². The van der Waals surface area contributed by atoms with E-state index in [1.165, 1.54) is 44.9 Å². The first kappa shape index (κ1) is 12.9. The third-order valence-electron chi connectivity index (χ3n) is 4.33. The molecule has 2 fully saturated rings. The first-order valence-corrected chi connectivity index (χ1v) is 7.25. The Morgan fingerprint density at radius 1 is 1.18 bits per heavy atom. The Bertz CT molecular complexity index is 249. The molecular formula is C14H26N2O. The first-order valence-electron chi connectivity index (χ1n) is 7.25. The number of hydrogen-bond donors (Lipinski definition) is 1. The van der Waals surface area contributed by atoms with Crippen LogP contribution >= 0.6 is 0 Å². The molecule has 17 heavy (non-hydrogen) atoms. The molecular weight excluding hydrogens is 212 g/mol. The summed E-state index contributed by atoms with van der Waals surface area (Å²) in [5.74, 6) is 1.08. The average molecular weight is 238 g/mol. The van der Waals surface area contributed by atoms with E-state index in [0.29, 0.717) is 17.9 Å². The molecule has 1 aliphatic heterocycles. The standard InChI is InChI=1S/C14H26N2O/c1-15-11-13-8-5-9-16(13)14(17)10-12-6-3-2-4-7-12/h12-13,15H,2-11H2,1H3. The van der Waals surface area contributed by atoms with E-state index in [-0.39, 0.29) is 0 Å². The number of nitrogens with zero attached hydrogens (tertiary/aromatic N) is 1. The van der Waals surface area contributed by atoms with Crippen LogP contribution in [0.2, 0.25) is 0 Å². The molecule has 0 spiro atoms. The van der Waals surface area contributed by atoms with Crippen LogP contribution in [0.15, 0.2) is 0 Å². The fraction of sp³-hybridized carbons (Fsp3) is 0.929. The summed E-state index contributed by atoms with van der Waals surface area (Å²) in [4.78, 5) is 14.4. The molecule has 98 valence electrons. The zero-order valence-corrected chi connectivity index (χ0v) is 11.1. The third kappa shape index (κ3) is 3.44. The predicted molar refractivity (Wildman–Crippen MR) is 69.9 cm³/mol. The zero-order valence-electron chi connectivity index (χ0n) is 11.1. The number of nitrogens with one attached hydrogen (secondary N) is 1. The van der Waals surface area contributed by atoms with Crippen molar-refractivity contribution in [2.75, 3.05) is 20.1 Å². The minimum atomic E-state index is 0.412. The second-order valence-corrected chi connectivity index (χ2v) is 5.65. The molecule has 1 saturated carbocycles. The summed E-state index contributed by atoms with van der Waals surface area (Å²) < 4.78 is 0. The van der Waals surface area contributed by atoms with E-state index in [9.17, 15) is 4.79 Å². The highest BCUT2D eigenvalue weighted by molar-refractivity contribution is 5.77. The maximum absolute atomic E-state index is 12.3. The van der Waals surface area contributed by atoms with Crippen LogP contribution in [0.4, 0.5) is 0 Å². The van der Waals surface area contributed by atoms with Crippen molar-refractivity contribution >= 4 is 5.91 Å². The lowest BCUT2D eigenvalue weighted by Crippen LogP contribution is -2.41. The van der Waals surface area contributed by atoms with Crippen molar-refractivity contribution in [3.05, 3.63) is 0 Å². The molecule has 0 bridgehead atoms. The number of carbonyl (C=O) groups excluding carboxylic acids is 1. The summed E-state index contributed by atoms with van der Waals surface area (Å²) in [6.07, 6.45) is 9.75. The van der Waals surface area contributed by atoms with Crippen LogP contribution in [-0.4, -0.2) is 37.0 Å². The summed E-state index contributed by atoms with van der Waals surface area (Å²) in [6, 6.07) is 0.455. The Morgan fingerprint density at radius 2 is 1.94 bits per heavy atom. The topological polar surface area (TPSA) is 32.3 Å². The molecule has 0 radical (unpaired) electrons. The van der Waals surface area contributed by atoms with Gasteiger partial charge in [0.2, 0.25) is 5.91 Å². The van der Waals surface area contributed by atoms with E-state index in [1.807, 2.05) is 7.05 Å². The van der Waals surface area contributed by atoms with Gasteiger partial charge < -0.3 is 10.2 Å². The highest BCUT2D eigenvalue weighted by Gasteiger charge is 2.29. The maximum atomic E-state index is 12.3. The number of likely N-dealkylation sites (N-methyl/N-ethyl adjacent to an activating group) is 1. The van der Waals surface area contributed by atoms with Crippen molar-refractivity contribution in [1.82, 2.24) is 10.2 Å². The van der Waals surface area contributed by atoms with Crippen molar-refractivity contribution in [1.29, 1.82) is 0 Å². The highest BCUT2D eigenvalue weighted by Crippen LogP contribution is 2.28. The van der Waals surface area contributed by atoms with Gasteiger partial charge in [-0.2, -0.15) is 0 Å². The Labute approximate surface area is 105 Å². The summed E-state index contributed by atoms with van der Waals surface area (Å²) >= 11 is 0. The predicted octanol–water partition coefficient (Wildman–Crippen LogP) is 2.17. The van der Waals surface area contributed by atoms with Gasteiger partial charge in [-0.3, -0.25) is 4.79 Å². The monoisotopic (exact) mass is 238 g/mol. The zero-order chi connectivity index (χ0) is 12.1. The van der Waals surface area contributed by atoms with Crippen LogP contribution in [0.25, 0.3) is 0 Å². The van der Waals surface area contributed by atoms with Gasteiger partial charge in [-0.25, -0.2) is 0 Å². The summed E-state index contributed by atoms with van der Waals surface area (Å²) in [6.45, 7) is 1.94. The van der Waals surface area contributed by atoms with Crippen LogP contribution < -0.4 is 5.32 Å². The normalized spacial score (nSPS) is 26.4. The van der Waals surface area contributed by atoms with Gasteiger partial charge in [-0.05, 0) is 38.6 Å². The van der Waals surface area contributed by atoms with Crippen molar-refractivity contribution in [3.63, 3.8) is 0 Å². The molecule has 0 aromatic heterocycles. The Kier molecular flexibility index (Phi) is 4.84. The van der Waals surface area contributed by atoms with Crippen molar-refractivity contribution in [2.45, 2.75) is 57.4 Å². The minimum absolute atomic E-state index is 0.412. The van der Waals surface area contributed by atoms with Gasteiger partial charge in [-0.15, -0.1) is 0 Å². The van der Waals surface area contributed by atoms with Gasteiger partial charge in [0, 0.05) is 25.6 Å². The molecule has 3 nitrogen and oxygen atoms in total. The smallest absolute Gasteiger partial charge is 0.223 e. The van der Waals surface area contributed by atoms with Crippen LogP contribution in [-0.2, 0) is 4.79 Å². The molecule has 0 aromatic rings. The van der Waals surface area contributed by atoms with E-state index in [0.717, 1.165) is 19.5 Å². The number of hydrogen-bond acceptors (Lipinski definition) is 2. The molecule has 1 amide bonds. The van der Waals surface area contributed by atoms with Crippen LogP contribution in [0.3, 0.4) is 0 Å². The Balaban J connectivity index is 1.81. The molecule has 0 aromatic carbocycles. The molecule has 1 heterocycles. The van der Waals surface area contributed by atoms with Crippen molar-refractivity contribution in [3.8, 4) is 0 Å². The number of rotatable bonds is 4. The van der Waals surface area contributed by atoms with Gasteiger partial charge >= 0.3 is 0 Å². The average Bonchev–Trinajstić information content (AvgIpc) is 2.79. The van der Waals surface area contributed by atoms with Gasteiger partial charge in [0.15, 0.2) is 0 Å². The third-order valence-corrected chi connectivity index (χ3v) is 4.33. The molecule has 1 atom stereocenters. The van der Waals surface area contributed by atoms with E-state index >= 15 is 0 Å². The molecule has 3 heteroatoms. The minimum Gasteiger partial charge on any atom is -0.338 e. The lowest BCUT2D eigenvalue weighted by molar-refractivity contribution is -0.133. The van der Waals surface area contributed by atoms with E-state index in [1.54, 1.807) is 0 Å². The van der Waals surface area contributed by atoms with Crippen LogP contribution in [0, 0.1) is 5.92 Å². The van der Waals surface area contributed by atoms with E-state index in [2.05, 4.69) is 10.2 Å². The van der Waals surface area contributed by atoms with Gasteiger partial charge in [0.1, 0.15) is 0 Å². The van der Waals surface area contributed by atoms with Crippen molar-refractivity contribution < 1.29 is 4.79 Å². The molecule has 2 rings (SSSR count). The van der Waals surface area contributed by atoms with Gasteiger partial charge in [0.05, 0.1) is 0 Å². The largest absolute Gasteiger partial charge is 0.338 e. The fourth-order valence-electron chi connectivity index (χ4n) is 3.37. The van der Waals surface area contributed by atoms with E-state index in [4.69, 9.17) is 0 Å². The Morgan fingerprint density at radius 3 is 2.65 bits per heavy atom. The molecule has 1 saturated heterocycles. The number of amides is 1. The Hall–Kier alpha value is -0.570. The SMILES string of the molecule is CNCC1CCCN1C(=O)CC1CCCCC1. The van der Waals surface area contributed by atoms with Gasteiger partial charge in [-0.1, -0.05) is 19.3 Å². The lowest BCUT2D eigenvalue weighted by atomic mass is 9.86. The lowest BCUT2D eigenvalue weighted by Gasteiger charge is -2.28. The van der Waals surface area contributed by atoms with Crippen molar-refractivity contribution in [2.24, 2.45) is 5.92 Å². The molecule has 2 aliphatic rings. The summed E-state index contributed by atoms with van der Waals surface area (Å²) in [5, 5.41) is 3.20. The number of likely N-dealkylation sites (tertiary alicyclic amines) is 1. The highest BCUT2D eigenvalue weighted by atomic mass is 16.2. The fourth-order valence-corrected chi connectivity index (χ4v) is 3.37. The molecule has 1 unspecified atom stereocenters. The van der Waals surface area contributed by atoms with Crippen LogP contribution in [0.1, 0.15) is 51.4 Å². The summed E-state index contributed by atoms with van der Waals surface area (Å²) in [5.41, 5.74) is 0. The second-order valence-electron chi connectivity index (χ2n) is 5.65. The quantitative estimate of drug-likeness (QED) is 0.814. The second kappa shape index (κ2) is 6.39. The van der Waals surface area contributed by atoms with Gasteiger partial charge in [0.25, 0.3) is 0 Å². The summed E-state index contributed by atoms with van der Waals surface area (Å²) in [7, 11) is 1.97. The molecule has 1 N–H and O–H groups in total. The van der Waals surface area contributed by atoms with E-state index < -0.39 is 0 Å².